The molecule has 2 N–H and O–H groups in total. The second kappa shape index (κ2) is 3.87. The number of carbonyl (C=O) groups excluding carboxylic acids is 1. The van der Waals surface area contributed by atoms with Gasteiger partial charge in [-0.3, -0.25) is 0 Å². The first-order valence-electron chi connectivity index (χ1n) is 3.36. The molecule has 0 aromatic rings. The zero-order chi connectivity index (χ0) is 8.91. The minimum atomic E-state index is -0.725. The lowest BCUT2D eigenvalue weighted by Gasteiger charge is -2.16. The number of amides is 1. The fourth-order valence-corrected chi connectivity index (χ4v) is 0.302. The summed E-state index contributed by atoms with van der Waals surface area (Å²) < 4.78 is 4.58. The molecule has 0 saturated carbocycles. The highest BCUT2D eigenvalue weighted by molar-refractivity contribution is 5.65. The van der Waals surface area contributed by atoms with Crippen LogP contribution in [0, 0.1) is 11.8 Å². The number of hydrogen-bond donors (Lipinski definition) is 1. The predicted octanol–water partition coefficient (Wildman–Crippen LogP) is 1.27. The Balaban J connectivity index is 0.000000271. The van der Waals surface area contributed by atoms with Gasteiger partial charge in [0.15, 0.2) is 0 Å². The van der Waals surface area contributed by atoms with Crippen LogP contribution in [0.25, 0.3) is 0 Å². The van der Waals surface area contributed by atoms with E-state index in [2.05, 4.69) is 16.6 Å². The van der Waals surface area contributed by atoms with Gasteiger partial charge in [-0.2, -0.15) is 0 Å². The van der Waals surface area contributed by atoms with E-state index in [1.165, 1.54) is 0 Å². The number of ether oxygens (including phenoxy) is 1. The van der Waals surface area contributed by atoms with Gasteiger partial charge in [-0.05, 0) is 20.8 Å². The molecule has 0 unspecified atom stereocenters. The molecule has 0 aromatic carbocycles. The van der Waals surface area contributed by atoms with Gasteiger partial charge in [0.05, 0.1) is 6.42 Å². The SMILES string of the molecule is C1#CC1.CC(C)(C)OC(N)=O. The highest BCUT2D eigenvalue weighted by atomic mass is 16.6. The molecule has 1 aliphatic rings. The van der Waals surface area contributed by atoms with Crippen LogP contribution in [0.4, 0.5) is 4.79 Å². The number of nitrogens with two attached hydrogens (primary N) is 1. The van der Waals surface area contributed by atoms with Crippen LogP contribution in [0.1, 0.15) is 27.2 Å². The topological polar surface area (TPSA) is 52.3 Å². The van der Waals surface area contributed by atoms with Gasteiger partial charge in [0.1, 0.15) is 5.60 Å². The Labute approximate surface area is 66.9 Å². The van der Waals surface area contributed by atoms with Crippen molar-refractivity contribution in [3.63, 3.8) is 0 Å². The van der Waals surface area contributed by atoms with E-state index < -0.39 is 11.7 Å². The van der Waals surface area contributed by atoms with Crippen molar-refractivity contribution in [2.75, 3.05) is 0 Å². The van der Waals surface area contributed by atoms with E-state index in [9.17, 15) is 4.79 Å². The fourth-order valence-electron chi connectivity index (χ4n) is 0.302. The van der Waals surface area contributed by atoms with Gasteiger partial charge in [0.25, 0.3) is 0 Å². The first-order valence-corrected chi connectivity index (χ1v) is 3.36. The number of carbonyl (C=O) groups is 1. The van der Waals surface area contributed by atoms with Crippen LogP contribution in [0.2, 0.25) is 0 Å². The molecule has 0 spiro atoms. The van der Waals surface area contributed by atoms with Crippen molar-refractivity contribution in [1.29, 1.82) is 0 Å². The summed E-state index contributed by atoms with van der Waals surface area (Å²) in [5, 5.41) is 0. The summed E-state index contributed by atoms with van der Waals surface area (Å²) >= 11 is 0. The fraction of sp³-hybridized carbons (Fsp3) is 0.625. The van der Waals surface area contributed by atoms with Crippen molar-refractivity contribution >= 4 is 6.09 Å². The summed E-state index contributed by atoms with van der Waals surface area (Å²) in [4.78, 5) is 10.0. The molecule has 11 heavy (non-hydrogen) atoms. The van der Waals surface area contributed by atoms with Crippen LogP contribution < -0.4 is 5.73 Å². The standard InChI is InChI=1S/C5H11NO2.C3H2/c1-5(2,3)8-4(6)7;1-2-3-1/h1-3H3,(H2,6,7);1H2. The maximum Gasteiger partial charge on any atom is 0.405 e. The van der Waals surface area contributed by atoms with E-state index in [1.54, 1.807) is 20.8 Å². The Bertz CT molecular complexity index is 186. The summed E-state index contributed by atoms with van der Waals surface area (Å²) in [6.45, 7) is 5.28. The molecular weight excluding hydrogens is 142 g/mol. The lowest BCUT2D eigenvalue weighted by molar-refractivity contribution is 0.0600. The minimum Gasteiger partial charge on any atom is -0.444 e. The smallest absolute Gasteiger partial charge is 0.405 e. The second-order valence-corrected chi connectivity index (χ2v) is 3.06. The van der Waals surface area contributed by atoms with Gasteiger partial charge in [-0.25, -0.2) is 4.79 Å². The highest BCUT2D eigenvalue weighted by Gasteiger charge is 2.12. The van der Waals surface area contributed by atoms with E-state index in [-0.39, 0.29) is 0 Å². The summed E-state index contributed by atoms with van der Waals surface area (Å²) in [6.07, 6.45) is 0.275. The number of hydrogen-bond acceptors (Lipinski definition) is 2. The second-order valence-electron chi connectivity index (χ2n) is 3.06. The highest BCUT2D eigenvalue weighted by Crippen LogP contribution is 2.04. The minimum absolute atomic E-state index is 0.453. The van der Waals surface area contributed by atoms with Crippen molar-refractivity contribution in [1.82, 2.24) is 0 Å². The summed E-state index contributed by atoms with van der Waals surface area (Å²) in [5.74, 6) is 5.50. The van der Waals surface area contributed by atoms with Gasteiger partial charge in [0.2, 0.25) is 0 Å². The Morgan fingerprint density at radius 1 is 1.45 bits per heavy atom. The average molecular weight is 155 g/mol. The third kappa shape index (κ3) is 17.7. The maximum atomic E-state index is 10.0. The van der Waals surface area contributed by atoms with E-state index in [0.29, 0.717) is 0 Å². The van der Waals surface area contributed by atoms with Gasteiger partial charge in [0, 0.05) is 0 Å². The molecule has 0 aromatic heterocycles. The molecule has 0 aliphatic heterocycles. The van der Waals surface area contributed by atoms with Crippen molar-refractivity contribution < 1.29 is 9.53 Å². The van der Waals surface area contributed by atoms with Gasteiger partial charge < -0.3 is 10.5 Å². The Morgan fingerprint density at radius 2 is 1.82 bits per heavy atom. The summed E-state index contributed by atoms with van der Waals surface area (Å²) in [7, 11) is 0. The van der Waals surface area contributed by atoms with Crippen LogP contribution in [0.5, 0.6) is 0 Å². The van der Waals surface area contributed by atoms with E-state index in [0.717, 1.165) is 6.42 Å². The molecule has 1 rings (SSSR count). The van der Waals surface area contributed by atoms with E-state index in [1.807, 2.05) is 0 Å². The molecule has 0 saturated heterocycles. The molecule has 0 heterocycles. The largest absolute Gasteiger partial charge is 0.444 e. The lowest BCUT2D eigenvalue weighted by Crippen LogP contribution is -2.27. The molecule has 0 atom stereocenters. The van der Waals surface area contributed by atoms with Gasteiger partial charge >= 0.3 is 6.09 Å². The third-order valence-electron chi connectivity index (χ3n) is 0.584. The molecule has 0 radical (unpaired) electrons. The van der Waals surface area contributed by atoms with Crippen molar-refractivity contribution in [2.45, 2.75) is 32.8 Å². The number of primary amides is 1. The Morgan fingerprint density at radius 3 is 1.82 bits per heavy atom. The van der Waals surface area contributed by atoms with Gasteiger partial charge in [-0.1, -0.05) is 11.8 Å². The van der Waals surface area contributed by atoms with Crippen LogP contribution in [-0.4, -0.2) is 11.7 Å². The van der Waals surface area contributed by atoms with Crippen molar-refractivity contribution in [3.05, 3.63) is 0 Å². The molecule has 1 amide bonds. The molecule has 0 fully saturated rings. The zero-order valence-electron chi connectivity index (χ0n) is 7.10. The molecular formula is C8H13NO2. The van der Waals surface area contributed by atoms with Crippen LogP contribution in [-0.2, 0) is 4.74 Å². The first-order chi connectivity index (χ1) is 4.92. The summed E-state index contributed by atoms with van der Waals surface area (Å²) in [6, 6.07) is 0. The third-order valence-corrected chi connectivity index (χ3v) is 0.584. The molecule has 62 valence electrons. The Kier molecular flexibility index (Phi) is 3.46. The van der Waals surface area contributed by atoms with Crippen LogP contribution in [0.15, 0.2) is 0 Å². The normalized spacial score (nSPS) is 11.5. The quantitative estimate of drug-likeness (QED) is 0.535. The maximum absolute atomic E-state index is 10.0. The zero-order valence-corrected chi connectivity index (χ0v) is 7.10. The summed E-state index contributed by atoms with van der Waals surface area (Å²) in [5.41, 5.74) is 4.26. The first kappa shape index (κ1) is 9.83. The lowest BCUT2D eigenvalue weighted by atomic mass is 10.2. The van der Waals surface area contributed by atoms with Crippen LogP contribution >= 0.6 is 0 Å². The van der Waals surface area contributed by atoms with Gasteiger partial charge in [-0.15, -0.1) is 0 Å². The van der Waals surface area contributed by atoms with Crippen LogP contribution in [0.3, 0.4) is 0 Å². The van der Waals surface area contributed by atoms with Crippen molar-refractivity contribution in [2.24, 2.45) is 5.73 Å². The molecule has 1 aliphatic carbocycles. The van der Waals surface area contributed by atoms with E-state index >= 15 is 0 Å². The molecule has 3 nitrogen and oxygen atoms in total. The monoisotopic (exact) mass is 155 g/mol. The van der Waals surface area contributed by atoms with Crippen molar-refractivity contribution in [3.8, 4) is 11.8 Å². The average Bonchev–Trinajstić information content (AvgIpc) is 2.33. The predicted molar refractivity (Wildman–Crippen MR) is 42.8 cm³/mol. The number of rotatable bonds is 0. The molecule has 0 bridgehead atoms. The Hall–Kier alpha value is -1.17. The van der Waals surface area contributed by atoms with E-state index in [4.69, 9.17) is 5.73 Å². The molecule has 3 heteroatoms.